The molecule has 132 valence electrons. The van der Waals surface area contributed by atoms with E-state index >= 15 is 0 Å². The third kappa shape index (κ3) is 7.12. The molecule has 0 aromatic carbocycles. The van der Waals surface area contributed by atoms with E-state index in [2.05, 4.69) is 48.4 Å². The maximum absolute atomic E-state index is 4.90. The number of amidine groups is 1. The van der Waals surface area contributed by atoms with Crippen LogP contribution in [-0.4, -0.2) is 39.5 Å². The molecule has 3 rings (SSSR count). The minimum absolute atomic E-state index is 0.450. The summed E-state index contributed by atoms with van der Waals surface area (Å²) in [7, 11) is 0. The zero-order valence-electron chi connectivity index (χ0n) is 14.1. The molecule has 0 saturated carbocycles. The number of rotatable bonds is 2. The maximum Gasteiger partial charge on any atom is 0.157 e. The highest BCUT2D eigenvalue weighted by Gasteiger charge is 2.20. The molecule has 24 heavy (non-hydrogen) atoms. The average Bonchev–Trinajstić information content (AvgIpc) is 2.64. The normalized spacial score (nSPS) is 20.2. The summed E-state index contributed by atoms with van der Waals surface area (Å²) in [6.45, 7) is 5.19. The Balaban J connectivity index is 0.000000423. The first-order valence-corrected chi connectivity index (χ1v) is 9.82. The SMILES string of the molecule is BrC1C=CC2=C(C1)SCC(=Nc1ccncn1)N2.CC.NCCN. The van der Waals surface area contributed by atoms with Crippen molar-refractivity contribution in [2.75, 3.05) is 18.8 Å². The number of allylic oxidation sites excluding steroid dienone is 3. The molecule has 1 aliphatic heterocycles. The van der Waals surface area contributed by atoms with Gasteiger partial charge >= 0.3 is 0 Å². The molecule has 0 saturated heterocycles. The molecule has 5 N–H and O–H groups in total. The van der Waals surface area contributed by atoms with Crippen molar-refractivity contribution in [1.82, 2.24) is 15.3 Å². The minimum Gasteiger partial charge on any atom is -0.342 e. The number of halogens is 1. The van der Waals surface area contributed by atoms with Crippen molar-refractivity contribution in [3.63, 3.8) is 0 Å². The van der Waals surface area contributed by atoms with E-state index in [1.165, 1.54) is 11.2 Å². The molecule has 1 atom stereocenters. The van der Waals surface area contributed by atoms with Crippen molar-refractivity contribution in [3.05, 3.63) is 41.3 Å². The first-order chi connectivity index (χ1) is 11.7. The molecule has 0 bridgehead atoms. The molecule has 1 aromatic heterocycles. The Hall–Kier alpha value is -1.22. The standard InChI is InChI=1S/C12H11BrN4S.C2H8N2.C2H6/c13-8-1-2-9-10(5-8)18-6-12(16-9)17-11-3-4-14-7-15-11;3-1-2-4;1-2/h1-4,7-8H,5-6H2,(H,14,15,16,17);1-4H2;1-2H3. The highest BCUT2D eigenvalue weighted by Crippen LogP contribution is 2.33. The fraction of sp³-hybridized carbons (Fsp3) is 0.438. The zero-order chi connectivity index (χ0) is 17.8. The second-order valence-electron chi connectivity index (χ2n) is 4.53. The van der Waals surface area contributed by atoms with E-state index in [0.717, 1.165) is 23.7 Å². The van der Waals surface area contributed by atoms with Crippen molar-refractivity contribution in [3.8, 4) is 0 Å². The van der Waals surface area contributed by atoms with E-state index in [0.29, 0.717) is 23.7 Å². The second kappa shape index (κ2) is 12.2. The van der Waals surface area contributed by atoms with Crippen LogP contribution in [-0.2, 0) is 0 Å². The van der Waals surface area contributed by atoms with Crippen LogP contribution in [0, 0.1) is 0 Å². The predicted molar refractivity (Wildman–Crippen MR) is 108 cm³/mol. The molecular weight excluding hydrogens is 388 g/mol. The third-order valence-electron chi connectivity index (χ3n) is 2.80. The Morgan fingerprint density at radius 2 is 2.12 bits per heavy atom. The molecule has 1 aliphatic carbocycles. The van der Waals surface area contributed by atoms with Crippen LogP contribution < -0.4 is 16.8 Å². The Morgan fingerprint density at radius 3 is 2.75 bits per heavy atom. The summed E-state index contributed by atoms with van der Waals surface area (Å²) < 4.78 is 0. The molecule has 6 nitrogen and oxygen atoms in total. The number of hydrogen-bond donors (Lipinski definition) is 3. The number of nitrogens with two attached hydrogens (primary N) is 2. The van der Waals surface area contributed by atoms with Crippen molar-refractivity contribution >= 4 is 39.3 Å². The number of aromatic nitrogens is 2. The van der Waals surface area contributed by atoms with E-state index in [4.69, 9.17) is 11.5 Å². The number of nitrogens with one attached hydrogen (secondary N) is 1. The molecule has 2 heterocycles. The minimum atomic E-state index is 0.450. The van der Waals surface area contributed by atoms with Gasteiger partial charge < -0.3 is 16.8 Å². The Kier molecular flexibility index (Phi) is 10.6. The Morgan fingerprint density at radius 1 is 1.38 bits per heavy atom. The van der Waals surface area contributed by atoms with Crippen molar-refractivity contribution in [1.29, 1.82) is 0 Å². The Bertz CT molecular complexity index is 571. The average molecular weight is 413 g/mol. The zero-order valence-corrected chi connectivity index (χ0v) is 16.5. The van der Waals surface area contributed by atoms with Crippen LogP contribution in [0.15, 0.2) is 46.3 Å². The smallest absolute Gasteiger partial charge is 0.157 e. The van der Waals surface area contributed by atoms with Gasteiger partial charge in [0, 0.05) is 40.8 Å². The van der Waals surface area contributed by atoms with E-state index in [-0.39, 0.29) is 0 Å². The highest BCUT2D eigenvalue weighted by atomic mass is 79.9. The largest absolute Gasteiger partial charge is 0.342 e. The van der Waals surface area contributed by atoms with Crippen molar-refractivity contribution in [2.45, 2.75) is 25.1 Å². The lowest BCUT2D eigenvalue weighted by Gasteiger charge is -2.25. The third-order valence-corrected chi connectivity index (χ3v) is 4.58. The van der Waals surface area contributed by atoms with E-state index < -0.39 is 0 Å². The van der Waals surface area contributed by atoms with E-state index in [9.17, 15) is 0 Å². The van der Waals surface area contributed by atoms with Gasteiger partial charge in [-0.2, -0.15) is 0 Å². The monoisotopic (exact) mass is 412 g/mol. The number of nitrogens with zero attached hydrogens (tertiary/aromatic N) is 3. The van der Waals surface area contributed by atoms with Gasteiger partial charge in [-0.1, -0.05) is 35.9 Å². The van der Waals surface area contributed by atoms with Crippen LogP contribution >= 0.6 is 27.7 Å². The summed E-state index contributed by atoms with van der Waals surface area (Å²) in [6.07, 6.45) is 8.52. The molecule has 0 radical (unpaired) electrons. The number of thioether (sulfide) groups is 1. The van der Waals surface area contributed by atoms with Crippen LogP contribution in [0.3, 0.4) is 0 Å². The summed E-state index contributed by atoms with van der Waals surface area (Å²) >= 11 is 5.45. The second-order valence-corrected chi connectivity index (χ2v) is 6.78. The lowest BCUT2D eigenvalue weighted by molar-refractivity contribution is 0.976. The number of aliphatic imine (C=N–C) groups is 1. The molecule has 0 fully saturated rings. The number of alkyl halides is 1. The van der Waals surface area contributed by atoms with Gasteiger partial charge in [0.15, 0.2) is 5.82 Å². The molecule has 1 unspecified atom stereocenters. The fourth-order valence-corrected chi connectivity index (χ4v) is 3.50. The van der Waals surface area contributed by atoms with Gasteiger partial charge in [-0.15, -0.1) is 11.8 Å². The van der Waals surface area contributed by atoms with Gasteiger partial charge in [-0.05, 0) is 12.5 Å². The predicted octanol–water partition coefficient (Wildman–Crippen LogP) is 2.71. The Labute approximate surface area is 156 Å². The van der Waals surface area contributed by atoms with Gasteiger partial charge in [-0.3, -0.25) is 0 Å². The van der Waals surface area contributed by atoms with Crippen LogP contribution in [0.25, 0.3) is 0 Å². The lowest BCUT2D eigenvalue weighted by atomic mass is 10.1. The lowest BCUT2D eigenvalue weighted by Crippen LogP contribution is -2.30. The first-order valence-electron chi connectivity index (χ1n) is 7.92. The topological polar surface area (TPSA) is 102 Å². The van der Waals surface area contributed by atoms with Gasteiger partial charge in [0.25, 0.3) is 0 Å². The van der Waals surface area contributed by atoms with E-state index in [1.807, 2.05) is 25.6 Å². The molecule has 1 aromatic rings. The highest BCUT2D eigenvalue weighted by molar-refractivity contribution is 9.09. The molecular formula is C16H25BrN6S. The van der Waals surface area contributed by atoms with Crippen LogP contribution in [0.5, 0.6) is 0 Å². The molecule has 2 aliphatic rings. The van der Waals surface area contributed by atoms with E-state index in [1.54, 1.807) is 12.3 Å². The van der Waals surface area contributed by atoms with Gasteiger partial charge in [-0.25, -0.2) is 15.0 Å². The van der Waals surface area contributed by atoms with Crippen LogP contribution in [0.1, 0.15) is 20.3 Å². The quantitative estimate of drug-likeness (QED) is 0.645. The summed E-state index contributed by atoms with van der Waals surface area (Å²) in [5, 5.41) is 3.37. The van der Waals surface area contributed by atoms with Crippen molar-refractivity contribution in [2.24, 2.45) is 16.5 Å². The maximum atomic E-state index is 4.90. The van der Waals surface area contributed by atoms with Crippen LogP contribution in [0.4, 0.5) is 5.82 Å². The summed E-state index contributed by atoms with van der Waals surface area (Å²) in [6, 6.07) is 1.80. The molecule has 0 spiro atoms. The van der Waals surface area contributed by atoms with Crippen molar-refractivity contribution < 1.29 is 0 Å². The summed E-state index contributed by atoms with van der Waals surface area (Å²) in [5.74, 6) is 2.49. The number of hydrogen-bond acceptors (Lipinski definition) is 6. The molecule has 0 amide bonds. The van der Waals surface area contributed by atoms with Gasteiger partial charge in [0.2, 0.25) is 0 Å². The first kappa shape index (κ1) is 20.8. The summed E-state index contributed by atoms with van der Waals surface area (Å²) in [4.78, 5) is 14.3. The van der Waals surface area contributed by atoms with Gasteiger partial charge in [0.05, 0.1) is 5.75 Å². The summed E-state index contributed by atoms with van der Waals surface area (Å²) in [5.41, 5.74) is 11.0. The molecule has 8 heteroatoms. The fourth-order valence-electron chi connectivity index (χ4n) is 1.79. The van der Waals surface area contributed by atoms with Gasteiger partial charge in [0.1, 0.15) is 12.2 Å². The van der Waals surface area contributed by atoms with Crippen LogP contribution in [0.2, 0.25) is 0 Å².